The molecule has 1 aliphatic heterocycles. The minimum absolute atomic E-state index is 0.0526. The summed E-state index contributed by atoms with van der Waals surface area (Å²) in [5.41, 5.74) is 12.1. The molecule has 4 rings (SSSR count). The van der Waals surface area contributed by atoms with Gasteiger partial charge >= 0.3 is 12.2 Å². The number of carbonyl (C=O) groups excluding carboxylic acids is 2. The van der Waals surface area contributed by atoms with Crippen LogP contribution in [0.5, 0.6) is 5.75 Å². The number of hydrogen-bond acceptors (Lipinski definition) is 7. The van der Waals surface area contributed by atoms with Crippen molar-refractivity contribution in [3.63, 3.8) is 0 Å². The SMILES string of the molecule is CC(C)(C)OC(=O)NOC(C)(C)[C@H]1CCc2cc(C(N)=NCc3ccc4c(c3)CCC4NC(=O)OC(C)(C)C)ccc2O1. The highest BCUT2D eigenvalue weighted by molar-refractivity contribution is 5.97. The molecule has 0 aromatic heterocycles. The summed E-state index contributed by atoms with van der Waals surface area (Å²) in [6.07, 6.45) is 1.88. The minimum atomic E-state index is -0.782. The van der Waals surface area contributed by atoms with E-state index < -0.39 is 29.0 Å². The van der Waals surface area contributed by atoms with Crippen LogP contribution in [0.2, 0.25) is 0 Å². The van der Waals surface area contributed by atoms with Crippen LogP contribution in [0.1, 0.15) is 102 Å². The molecule has 0 fully saturated rings. The van der Waals surface area contributed by atoms with Gasteiger partial charge < -0.3 is 25.3 Å². The van der Waals surface area contributed by atoms with Gasteiger partial charge in [0.1, 0.15) is 34.5 Å². The van der Waals surface area contributed by atoms with Crippen molar-refractivity contribution in [1.82, 2.24) is 10.8 Å². The quantitative estimate of drug-likeness (QED) is 0.202. The fourth-order valence-electron chi connectivity index (χ4n) is 5.21. The number of hydroxylamine groups is 1. The van der Waals surface area contributed by atoms with E-state index >= 15 is 0 Å². The van der Waals surface area contributed by atoms with Crippen molar-refractivity contribution >= 4 is 18.0 Å². The molecule has 0 saturated carbocycles. The molecule has 4 N–H and O–H groups in total. The first-order chi connectivity index (χ1) is 20.0. The first kappa shape index (κ1) is 32.1. The molecule has 0 saturated heterocycles. The van der Waals surface area contributed by atoms with Gasteiger partial charge in [-0.15, -0.1) is 0 Å². The second-order valence-corrected chi connectivity index (χ2v) is 13.7. The summed E-state index contributed by atoms with van der Waals surface area (Å²) < 4.78 is 16.9. The van der Waals surface area contributed by atoms with Gasteiger partial charge in [0.25, 0.3) is 0 Å². The monoisotopic (exact) mass is 594 g/mol. The Kier molecular flexibility index (Phi) is 9.30. The maximum absolute atomic E-state index is 12.2. The summed E-state index contributed by atoms with van der Waals surface area (Å²) in [6, 6.07) is 12.0. The molecule has 2 atom stereocenters. The molecule has 2 amide bonds. The number of nitrogens with zero attached hydrogens (tertiary/aromatic N) is 1. The molecular weight excluding hydrogens is 548 g/mol. The second kappa shape index (κ2) is 12.4. The zero-order valence-electron chi connectivity index (χ0n) is 26.6. The average molecular weight is 595 g/mol. The number of aliphatic imine (C=N–C) groups is 1. The van der Waals surface area contributed by atoms with E-state index in [9.17, 15) is 9.59 Å². The number of aryl methyl sites for hydroxylation is 2. The van der Waals surface area contributed by atoms with E-state index in [4.69, 9.17) is 24.8 Å². The molecular formula is C33H46N4O6. The third-order valence-electron chi connectivity index (χ3n) is 7.28. The van der Waals surface area contributed by atoms with Gasteiger partial charge in [-0.05, 0) is 122 Å². The number of nitrogens with two attached hydrogens (primary N) is 1. The normalized spacial score (nSPS) is 18.7. The third-order valence-corrected chi connectivity index (χ3v) is 7.28. The zero-order valence-corrected chi connectivity index (χ0v) is 26.6. The summed E-state index contributed by atoms with van der Waals surface area (Å²) in [4.78, 5) is 34.6. The predicted molar refractivity (Wildman–Crippen MR) is 165 cm³/mol. The third kappa shape index (κ3) is 8.86. The minimum Gasteiger partial charge on any atom is -0.487 e. The summed E-state index contributed by atoms with van der Waals surface area (Å²) in [6.45, 7) is 15.1. The van der Waals surface area contributed by atoms with Crippen LogP contribution in [0, 0.1) is 0 Å². The molecule has 0 spiro atoms. The Morgan fingerprint density at radius 3 is 2.28 bits per heavy atom. The van der Waals surface area contributed by atoms with E-state index in [2.05, 4.69) is 27.9 Å². The zero-order chi connectivity index (χ0) is 31.6. The van der Waals surface area contributed by atoms with E-state index in [1.807, 2.05) is 58.9 Å². The Morgan fingerprint density at radius 1 is 0.907 bits per heavy atom. The number of rotatable bonds is 7. The van der Waals surface area contributed by atoms with Crippen LogP contribution < -0.4 is 21.3 Å². The molecule has 1 aliphatic carbocycles. The number of hydrogen-bond donors (Lipinski definition) is 3. The molecule has 0 radical (unpaired) electrons. The van der Waals surface area contributed by atoms with Crippen LogP contribution >= 0.6 is 0 Å². The fraction of sp³-hybridized carbons (Fsp3) is 0.545. The molecule has 2 aliphatic rings. The maximum atomic E-state index is 12.2. The van der Waals surface area contributed by atoms with Crippen LogP contribution in [0.3, 0.4) is 0 Å². The molecule has 0 bridgehead atoms. The van der Waals surface area contributed by atoms with E-state index in [1.54, 1.807) is 20.8 Å². The molecule has 10 nitrogen and oxygen atoms in total. The Labute approximate surface area is 254 Å². The van der Waals surface area contributed by atoms with Crippen molar-refractivity contribution in [2.45, 2.75) is 117 Å². The molecule has 43 heavy (non-hydrogen) atoms. The molecule has 2 aromatic carbocycles. The van der Waals surface area contributed by atoms with Crippen LogP contribution in [-0.4, -0.2) is 40.9 Å². The molecule has 1 heterocycles. The van der Waals surface area contributed by atoms with Gasteiger partial charge in [-0.25, -0.2) is 9.59 Å². The predicted octanol–water partition coefficient (Wildman–Crippen LogP) is 6.03. The maximum Gasteiger partial charge on any atom is 0.431 e. The standard InChI is InChI=1S/C33H46N4O6/c1-31(2,3)41-29(38)36-25-14-10-21-17-20(9-13-24(21)25)19-35-28(34)23-11-15-26-22(18-23)12-16-27(40-26)33(7,8)43-37-30(39)42-32(4,5)6/h9,11,13,15,17-18,25,27H,10,12,14,16,19H2,1-8H3,(H2,34,35)(H,36,38)(H,37,39)/t25?,27-/m1/s1. The summed E-state index contributed by atoms with van der Waals surface area (Å²) >= 11 is 0. The highest BCUT2D eigenvalue weighted by Gasteiger charge is 2.37. The van der Waals surface area contributed by atoms with Crippen molar-refractivity contribution < 1.29 is 28.6 Å². The lowest BCUT2D eigenvalue weighted by molar-refractivity contribution is -0.138. The highest BCUT2D eigenvalue weighted by Crippen LogP contribution is 2.34. The van der Waals surface area contributed by atoms with Gasteiger partial charge in [0, 0.05) is 5.56 Å². The van der Waals surface area contributed by atoms with E-state index in [0.717, 1.165) is 47.3 Å². The Hall–Kier alpha value is -3.79. The van der Waals surface area contributed by atoms with E-state index in [-0.39, 0.29) is 12.1 Å². The van der Waals surface area contributed by atoms with Gasteiger partial charge in [-0.3, -0.25) is 9.83 Å². The van der Waals surface area contributed by atoms with Crippen LogP contribution in [-0.2, 0) is 33.7 Å². The topological polar surface area (TPSA) is 134 Å². The number of carbonyl (C=O) groups is 2. The number of nitrogens with one attached hydrogen (secondary N) is 2. The lowest BCUT2D eigenvalue weighted by Gasteiger charge is -2.37. The summed E-state index contributed by atoms with van der Waals surface area (Å²) in [5.74, 6) is 1.22. The number of fused-ring (bicyclic) bond motifs is 2. The van der Waals surface area contributed by atoms with Crippen molar-refractivity contribution in [2.75, 3.05) is 0 Å². The largest absolute Gasteiger partial charge is 0.487 e. The van der Waals surface area contributed by atoms with Crippen molar-refractivity contribution in [2.24, 2.45) is 10.7 Å². The van der Waals surface area contributed by atoms with Crippen molar-refractivity contribution in [3.8, 4) is 5.75 Å². The first-order valence-corrected chi connectivity index (χ1v) is 14.9. The highest BCUT2D eigenvalue weighted by atomic mass is 16.7. The Bertz CT molecular complexity index is 1370. The van der Waals surface area contributed by atoms with E-state index in [0.29, 0.717) is 18.8 Å². The first-order valence-electron chi connectivity index (χ1n) is 14.9. The molecule has 1 unspecified atom stereocenters. The number of amidine groups is 1. The lowest BCUT2D eigenvalue weighted by Crippen LogP contribution is -2.49. The lowest BCUT2D eigenvalue weighted by atomic mass is 9.91. The van der Waals surface area contributed by atoms with Crippen LogP contribution in [0.15, 0.2) is 41.4 Å². The summed E-state index contributed by atoms with van der Waals surface area (Å²) in [5, 5.41) is 2.99. The van der Waals surface area contributed by atoms with Crippen LogP contribution in [0.25, 0.3) is 0 Å². The van der Waals surface area contributed by atoms with Crippen molar-refractivity contribution in [1.29, 1.82) is 0 Å². The molecule has 2 aromatic rings. The van der Waals surface area contributed by atoms with Crippen LogP contribution in [0.4, 0.5) is 9.59 Å². The molecule has 10 heteroatoms. The molecule has 234 valence electrons. The Morgan fingerprint density at radius 2 is 1.58 bits per heavy atom. The van der Waals surface area contributed by atoms with Gasteiger partial charge in [0.15, 0.2) is 0 Å². The Balaban J connectivity index is 1.34. The van der Waals surface area contributed by atoms with Gasteiger partial charge in [-0.1, -0.05) is 18.2 Å². The number of benzene rings is 2. The smallest absolute Gasteiger partial charge is 0.431 e. The average Bonchev–Trinajstić information content (AvgIpc) is 3.29. The second-order valence-electron chi connectivity index (χ2n) is 13.7. The van der Waals surface area contributed by atoms with Gasteiger partial charge in [0.05, 0.1) is 12.6 Å². The van der Waals surface area contributed by atoms with Gasteiger partial charge in [0.2, 0.25) is 0 Å². The number of alkyl carbamates (subject to hydrolysis) is 1. The van der Waals surface area contributed by atoms with Crippen molar-refractivity contribution in [3.05, 3.63) is 64.2 Å². The fourth-order valence-corrected chi connectivity index (χ4v) is 5.21. The van der Waals surface area contributed by atoms with E-state index in [1.165, 1.54) is 5.56 Å². The summed E-state index contributed by atoms with van der Waals surface area (Å²) in [7, 11) is 0. The number of amides is 2. The van der Waals surface area contributed by atoms with Gasteiger partial charge in [-0.2, -0.15) is 5.48 Å². The number of ether oxygens (including phenoxy) is 3.